The second-order valence-corrected chi connectivity index (χ2v) is 3.83. The first-order valence-electron chi connectivity index (χ1n) is 5.46. The molecule has 0 saturated carbocycles. The smallest absolute Gasteiger partial charge is 0.152 e. The molecule has 0 N–H and O–H groups in total. The molecule has 1 aromatic rings. The fourth-order valence-corrected chi connectivity index (χ4v) is 1.38. The first kappa shape index (κ1) is 11.8. The quantitative estimate of drug-likeness (QED) is 0.527. The summed E-state index contributed by atoms with van der Waals surface area (Å²) < 4.78 is 0. The minimum atomic E-state index is 0.0890. The van der Waals surface area contributed by atoms with Crippen LogP contribution in [0.1, 0.15) is 45.3 Å². The molecule has 0 fully saturated rings. The van der Waals surface area contributed by atoms with E-state index in [1.54, 1.807) is 0 Å². The van der Waals surface area contributed by atoms with Crippen LogP contribution in [0, 0.1) is 0 Å². The molecular weight excluding hydrogens is 186 g/mol. The molecule has 0 aromatic heterocycles. The summed E-state index contributed by atoms with van der Waals surface area (Å²) in [5.74, 6) is 0. The third-order valence-corrected chi connectivity index (χ3v) is 2.08. The predicted octanol–water partition coefficient (Wildman–Crippen LogP) is 3.94. The molecule has 0 aliphatic rings. The van der Waals surface area contributed by atoms with Crippen molar-refractivity contribution in [2.24, 2.45) is 5.16 Å². The van der Waals surface area contributed by atoms with Crippen molar-refractivity contribution in [3.8, 4) is 0 Å². The summed E-state index contributed by atoms with van der Waals surface area (Å²) in [7, 11) is 0. The van der Waals surface area contributed by atoms with Crippen LogP contribution in [0.5, 0.6) is 0 Å². The average Bonchev–Trinajstić information content (AvgIpc) is 2.25. The van der Waals surface area contributed by atoms with Gasteiger partial charge in [0.15, 0.2) is 6.10 Å². The van der Waals surface area contributed by atoms with Gasteiger partial charge in [-0.15, -0.1) is 0 Å². The van der Waals surface area contributed by atoms with Crippen LogP contribution in [-0.2, 0) is 4.84 Å². The largest absolute Gasteiger partial charge is 0.388 e. The van der Waals surface area contributed by atoms with Crippen LogP contribution < -0.4 is 0 Å². The highest BCUT2D eigenvalue weighted by Gasteiger charge is 2.10. The molecule has 1 aromatic carbocycles. The predicted molar refractivity (Wildman–Crippen MR) is 64.0 cm³/mol. The summed E-state index contributed by atoms with van der Waals surface area (Å²) in [5, 5.41) is 4.04. The van der Waals surface area contributed by atoms with E-state index < -0.39 is 0 Å². The van der Waals surface area contributed by atoms with Crippen molar-refractivity contribution in [2.45, 2.75) is 39.7 Å². The summed E-state index contributed by atoms with van der Waals surface area (Å²) in [4.78, 5) is 5.52. The number of hydrogen-bond donors (Lipinski definition) is 0. The van der Waals surface area contributed by atoms with E-state index in [9.17, 15) is 0 Å². The summed E-state index contributed by atoms with van der Waals surface area (Å²) >= 11 is 0. The zero-order valence-corrected chi connectivity index (χ0v) is 9.73. The molecule has 15 heavy (non-hydrogen) atoms. The molecular formula is C13H19NO. The molecule has 0 bridgehead atoms. The molecule has 1 rings (SSSR count). The summed E-state index contributed by atoms with van der Waals surface area (Å²) in [6.45, 7) is 6.03. The molecule has 0 saturated heterocycles. The van der Waals surface area contributed by atoms with E-state index in [-0.39, 0.29) is 6.10 Å². The molecule has 2 nitrogen and oxygen atoms in total. The van der Waals surface area contributed by atoms with Gasteiger partial charge in [-0.25, -0.2) is 0 Å². The van der Waals surface area contributed by atoms with Gasteiger partial charge in [-0.1, -0.05) is 48.8 Å². The molecule has 0 heterocycles. The van der Waals surface area contributed by atoms with Crippen LogP contribution in [0.4, 0.5) is 0 Å². The van der Waals surface area contributed by atoms with Crippen LogP contribution in [0.3, 0.4) is 0 Å². The Labute approximate surface area is 91.9 Å². The number of rotatable bonds is 5. The van der Waals surface area contributed by atoms with Gasteiger partial charge in [0.05, 0.1) is 5.71 Å². The van der Waals surface area contributed by atoms with Crippen LogP contribution in [0.25, 0.3) is 0 Å². The van der Waals surface area contributed by atoms with Gasteiger partial charge in [-0.05, 0) is 25.8 Å². The van der Waals surface area contributed by atoms with E-state index in [2.05, 4.69) is 24.2 Å². The fourth-order valence-electron chi connectivity index (χ4n) is 1.38. The van der Waals surface area contributed by atoms with Gasteiger partial charge in [0.2, 0.25) is 0 Å². The minimum Gasteiger partial charge on any atom is -0.388 e. The van der Waals surface area contributed by atoms with Gasteiger partial charge in [-0.2, -0.15) is 0 Å². The average molecular weight is 205 g/mol. The highest BCUT2D eigenvalue weighted by molar-refractivity contribution is 5.78. The zero-order valence-electron chi connectivity index (χ0n) is 9.73. The van der Waals surface area contributed by atoms with Crippen molar-refractivity contribution in [1.29, 1.82) is 0 Å². The molecule has 0 amide bonds. The Morgan fingerprint density at radius 1 is 1.27 bits per heavy atom. The lowest BCUT2D eigenvalue weighted by Crippen LogP contribution is -2.01. The van der Waals surface area contributed by atoms with Crippen LogP contribution in [0.2, 0.25) is 0 Å². The van der Waals surface area contributed by atoms with Gasteiger partial charge < -0.3 is 4.84 Å². The molecule has 1 atom stereocenters. The summed E-state index contributed by atoms with van der Waals surface area (Å²) in [6.07, 6.45) is 2.18. The van der Waals surface area contributed by atoms with E-state index in [1.807, 2.05) is 32.0 Å². The van der Waals surface area contributed by atoms with Crippen molar-refractivity contribution in [3.63, 3.8) is 0 Å². The lowest BCUT2D eigenvalue weighted by molar-refractivity contribution is 0.0514. The molecule has 1 unspecified atom stereocenters. The second kappa shape index (κ2) is 6.23. The van der Waals surface area contributed by atoms with Crippen molar-refractivity contribution >= 4 is 5.71 Å². The Balaban J connectivity index is 2.70. The Morgan fingerprint density at radius 2 is 1.93 bits per heavy atom. The molecule has 0 spiro atoms. The summed E-state index contributed by atoms with van der Waals surface area (Å²) in [5.41, 5.74) is 2.15. The number of hydrogen-bond acceptors (Lipinski definition) is 2. The normalized spacial score (nSPS) is 11.9. The number of nitrogens with zero attached hydrogens (tertiary/aromatic N) is 1. The van der Waals surface area contributed by atoms with E-state index in [1.165, 1.54) is 5.56 Å². The molecule has 82 valence electrons. The monoisotopic (exact) mass is 205 g/mol. The molecule has 2 heteroatoms. The first-order valence-corrected chi connectivity index (χ1v) is 5.46. The third-order valence-electron chi connectivity index (χ3n) is 2.08. The lowest BCUT2D eigenvalue weighted by atomic mass is 10.1. The topological polar surface area (TPSA) is 21.6 Å². The standard InChI is InChI=1S/C13H19NO/c1-4-8-13(15-14-11(2)3)12-9-6-5-7-10-12/h5-7,9-10,13H,4,8H2,1-3H3. The third kappa shape index (κ3) is 4.15. The number of oxime groups is 1. The highest BCUT2D eigenvalue weighted by Crippen LogP contribution is 2.22. The van der Waals surface area contributed by atoms with Crippen molar-refractivity contribution in [1.82, 2.24) is 0 Å². The van der Waals surface area contributed by atoms with Gasteiger partial charge in [0.1, 0.15) is 0 Å². The second-order valence-electron chi connectivity index (χ2n) is 3.83. The van der Waals surface area contributed by atoms with E-state index in [0.29, 0.717) is 0 Å². The van der Waals surface area contributed by atoms with E-state index in [0.717, 1.165) is 18.6 Å². The molecule has 0 radical (unpaired) electrons. The Hall–Kier alpha value is -1.31. The fraction of sp³-hybridized carbons (Fsp3) is 0.462. The van der Waals surface area contributed by atoms with Crippen molar-refractivity contribution in [2.75, 3.05) is 0 Å². The maximum atomic E-state index is 5.52. The van der Waals surface area contributed by atoms with Gasteiger partial charge in [-0.3, -0.25) is 0 Å². The first-order chi connectivity index (χ1) is 7.24. The van der Waals surface area contributed by atoms with Gasteiger partial charge >= 0.3 is 0 Å². The van der Waals surface area contributed by atoms with Crippen molar-refractivity contribution in [3.05, 3.63) is 35.9 Å². The van der Waals surface area contributed by atoms with Crippen LogP contribution in [-0.4, -0.2) is 5.71 Å². The van der Waals surface area contributed by atoms with Crippen LogP contribution >= 0.6 is 0 Å². The van der Waals surface area contributed by atoms with E-state index in [4.69, 9.17) is 4.84 Å². The maximum absolute atomic E-state index is 5.52. The minimum absolute atomic E-state index is 0.0890. The SMILES string of the molecule is CCCC(ON=C(C)C)c1ccccc1. The van der Waals surface area contributed by atoms with Crippen molar-refractivity contribution < 1.29 is 4.84 Å². The van der Waals surface area contributed by atoms with Gasteiger partial charge in [0.25, 0.3) is 0 Å². The highest BCUT2D eigenvalue weighted by atomic mass is 16.6. The molecule has 0 aliphatic carbocycles. The Kier molecular flexibility index (Phi) is 4.88. The Bertz CT molecular complexity index is 302. The van der Waals surface area contributed by atoms with E-state index >= 15 is 0 Å². The zero-order chi connectivity index (χ0) is 11.1. The van der Waals surface area contributed by atoms with Crippen LogP contribution in [0.15, 0.2) is 35.5 Å². The Morgan fingerprint density at radius 3 is 2.47 bits per heavy atom. The summed E-state index contributed by atoms with van der Waals surface area (Å²) in [6, 6.07) is 10.2. The maximum Gasteiger partial charge on any atom is 0.152 e. The number of benzene rings is 1. The molecule has 0 aliphatic heterocycles. The lowest BCUT2D eigenvalue weighted by Gasteiger charge is -2.14. The van der Waals surface area contributed by atoms with Gasteiger partial charge in [0, 0.05) is 0 Å².